The number of nitrogens with one attached hydrogen (secondary N) is 2. The van der Waals surface area contributed by atoms with Crippen molar-refractivity contribution < 1.29 is 4.79 Å². The van der Waals surface area contributed by atoms with Crippen molar-refractivity contribution in [1.29, 1.82) is 0 Å². The fourth-order valence-corrected chi connectivity index (χ4v) is 3.26. The molecule has 0 aliphatic carbocycles. The van der Waals surface area contributed by atoms with Crippen molar-refractivity contribution in [3.63, 3.8) is 0 Å². The molecule has 2 aromatic carbocycles. The van der Waals surface area contributed by atoms with Crippen LogP contribution in [0.15, 0.2) is 53.7 Å². The molecule has 124 valence electrons. The number of thioether (sulfide) groups is 1. The Morgan fingerprint density at radius 3 is 2.75 bits per heavy atom. The highest BCUT2D eigenvalue weighted by atomic mass is 32.2. The first-order valence-electron chi connectivity index (χ1n) is 8.13. The van der Waals surface area contributed by atoms with Crippen LogP contribution in [0, 0.1) is 0 Å². The summed E-state index contributed by atoms with van der Waals surface area (Å²) in [6.07, 6.45) is 1.04. The molecule has 5 heteroatoms. The Kier molecular flexibility index (Phi) is 5.20. The summed E-state index contributed by atoms with van der Waals surface area (Å²) in [6, 6.07) is 15.9. The normalized spacial score (nSPS) is 12.2. The van der Waals surface area contributed by atoms with E-state index in [4.69, 9.17) is 0 Å². The minimum atomic E-state index is -0.0174. The molecule has 0 saturated heterocycles. The quantitative estimate of drug-likeness (QED) is 0.634. The molecule has 0 bridgehead atoms. The molecule has 2 N–H and O–H groups in total. The molecule has 3 aromatic rings. The molecule has 1 atom stereocenters. The second-order valence-corrected chi connectivity index (χ2v) is 6.76. The molecule has 0 aliphatic heterocycles. The van der Waals surface area contributed by atoms with Crippen LogP contribution in [0.4, 0.5) is 5.69 Å². The minimum Gasteiger partial charge on any atom is -0.333 e. The van der Waals surface area contributed by atoms with E-state index in [1.165, 1.54) is 17.3 Å². The summed E-state index contributed by atoms with van der Waals surface area (Å²) in [5, 5.41) is 3.79. The van der Waals surface area contributed by atoms with E-state index < -0.39 is 0 Å². The molecule has 24 heavy (non-hydrogen) atoms. The molecule has 4 nitrogen and oxygen atoms in total. The molecular weight excluding hydrogens is 318 g/mol. The minimum absolute atomic E-state index is 0.0174. The Hall–Kier alpha value is -2.27. The summed E-state index contributed by atoms with van der Waals surface area (Å²) >= 11 is 1.41. The van der Waals surface area contributed by atoms with Crippen molar-refractivity contribution in [2.24, 2.45) is 0 Å². The van der Waals surface area contributed by atoms with Crippen molar-refractivity contribution in [2.75, 3.05) is 11.1 Å². The van der Waals surface area contributed by atoms with Gasteiger partial charge in [0.2, 0.25) is 5.91 Å². The second-order valence-electron chi connectivity index (χ2n) is 5.79. The number of rotatable bonds is 6. The Balaban J connectivity index is 1.64. The van der Waals surface area contributed by atoms with Gasteiger partial charge in [-0.1, -0.05) is 55.9 Å². The number of hydrogen-bond donors (Lipinski definition) is 2. The van der Waals surface area contributed by atoms with Crippen molar-refractivity contribution in [1.82, 2.24) is 9.97 Å². The molecule has 1 amide bonds. The van der Waals surface area contributed by atoms with Gasteiger partial charge in [-0.05, 0) is 36.1 Å². The lowest BCUT2D eigenvalue weighted by Gasteiger charge is -2.15. The van der Waals surface area contributed by atoms with Gasteiger partial charge in [-0.2, -0.15) is 0 Å². The zero-order valence-corrected chi connectivity index (χ0v) is 14.7. The van der Waals surface area contributed by atoms with Gasteiger partial charge in [0.05, 0.1) is 16.8 Å². The SMILES string of the molecule is CC[C@H](C)c1ccccc1NC(=O)CSc1nc2ccccc2[nH]1. The second kappa shape index (κ2) is 7.53. The van der Waals surface area contributed by atoms with Crippen LogP contribution < -0.4 is 5.32 Å². The molecule has 1 aromatic heterocycles. The average molecular weight is 339 g/mol. The van der Waals surface area contributed by atoms with Crippen molar-refractivity contribution in [3.8, 4) is 0 Å². The lowest BCUT2D eigenvalue weighted by Crippen LogP contribution is -2.15. The molecule has 0 aliphatic rings. The van der Waals surface area contributed by atoms with Gasteiger partial charge >= 0.3 is 0 Å². The first-order chi connectivity index (χ1) is 11.7. The Morgan fingerprint density at radius 1 is 1.21 bits per heavy atom. The lowest BCUT2D eigenvalue weighted by atomic mass is 9.97. The van der Waals surface area contributed by atoms with E-state index >= 15 is 0 Å². The highest BCUT2D eigenvalue weighted by Gasteiger charge is 2.12. The Bertz CT molecular complexity index is 810. The van der Waals surface area contributed by atoms with E-state index in [0.29, 0.717) is 11.7 Å². The van der Waals surface area contributed by atoms with Gasteiger partial charge in [0.15, 0.2) is 5.16 Å². The highest BCUT2D eigenvalue weighted by Crippen LogP contribution is 2.27. The summed E-state index contributed by atoms with van der Waals surface area (Å²) in [4.78, 5) is 20.0. The predicted octanol–water partition coefficient (Wildman–Crippen LogP) is 4.81. The third-order valence-electron chi connectivity index (χ3n) is 4.09. The van der Waals surface area contributed by atoms with E-state index in [9.17, 15) is 4.79 Å². The molecule has 3 rings (SSSR count). The number of fused-ring (bicyclic) bond motifs is 1. The van der Waals surface area contributed by atoms with Gasteiger partial charge in [-0.15, -0.1) is 0 Å². The number of nitrogens with zero attached hydrogens (tertiary/aromatic N) is 1. The van der Waals surface area contributed by atoms with Crippen molar-refractivity contribution in [2.45, 2.75) is 31.3 Å². The van der Waals surface area contributed by atoms with Crippen LogP contribution in [0.5, 0.6) is 0 Å². The number of aromatic amines is 1. The van der Waals surface area contributed by atoms with E-state index in [2.05, 4.69) is 35.2 Å². The number of hydrogen-bond acceptors (Lipinski definition) is 3. The summed E-state index contributed by atoms with van der Waals surface area (Å²) in [5.41, 5.74) is 3.99. The first kappa shape index (κ1) is 16.6. The number of benzene rings is 2. The van der Waals surface area contributed by atoms with Gasteiger partial charge in [0.1, 0.15) is 0 Å². The molecule has 0 spiro atoms. The fourth-order valence-electron chi connectivity index (χ4n) is 2.58. The number of H-pyrrole nitrogens is 1. The smallest absolute Gasteiger partial charge is 0.234 e. The van der Waals surface area contributed by atoms with Gasteiger partial charge in [-0.3, -0.25) is 4.79 Å². The maximum Gasteiger partial charge on any atom is 0.234 e. The number of para-hydroxylation sites is 3. The van der Waals surface area contributed by atoms with E-state index in [1.807, 2.05) is 42.5 Å². The van der Waals surface area contributed by atoms with Crippen LogP contribution in [-0.2, 0) is 4.79 Å². The number of amides is 1. The Morgan fingerprint density at radius 2 is 1.96 bits per heavy atom. The zero-order valence-electron chi connectivity index (χ0n) is 13.9. The van der Waals surface area contributed by atoms with E-state index in [0.717, 1.165) is 28.3 Å². The number of anilines is 1. The van der Waals surface area contributed by atoms with Gasteiger partial charge < -0.3 is 10.3 Å². The van der Waals surface area contributed by atoms with Gasteiger partial charge in [0.25, 0.3) is 0 Å². The molecule has 0 unspecified atom stereocenters. The van der Waals surface area contributed by atoms with E-state index in [1.54, 1.807) is 0 Å². The zero-order chi connectivity index (χ0) is 16.9. The van der Waals surface area contributed by atoms with Crippen LogP contribution in [0.3, 0.4) is 0 Å². The topological polar surface area (TPSA) is 57.8 Å². The molecule has 0 radical (unpaired) electrons. The largest absolute Gasteiger partial charge is 0.333 e. The fraction of sp³-hybridized carbons (Fsp3) is 0.263. The van der Waals surface area contributed by atoms with Gasteiger partial charge in [-0.25, -0.2) is 4.98 Å². The van der Waals surface area contributed by atoms with Crippen LogP contribution >= 0.6 is 11.8 Å². The summed E-state index contributed by atoms with van der Waals surface area (Å²) < 4.78 is 0. The number of carbonyl (C=O) groups excluding carboxylic acids is 1. The Labute approximate surface area is 146 Å². The molecule has 1 heterocycles. The van der Waals surface area contributed by atoms with Crippen LogP contribution in [0.25, 0.3) is 11.0 Å². The monoisotopic (exact) mass is 339 g/mol. The predicted molar refractivity (Wildman–Crippen MR) is 101 cm³/mol. The van der Waals surface area contributed by atoms with E-state index in [-0.39, 0.29) is 5.91 Å². The molecular formula is C19H21N3OS. The van der Waals surface area contributed by atoms with Crippen molar-refractivity contribution >= 4 is 34.4 Å². The summed E-state index contributed by atoms with van der Waals surface area (Å²) in [5.74, 6) is 0.731. The van der Waals surface area contributed by atoms with Crippen LogP contribution in [0.1, 0.15) is 31.7 Å². The van der Waals surface area contributed by atoms with Crippen molar-refractivity contribution in [3.05, 3.63) is 54.1 Å². The average Bonchev–Trinajstić information content (AvgIpc) is 3.03. The first-order valence-corrected chi connectivity index (χ1v) is 9.12. The number of imidazole rings is 1. The van der Waals surface area contributed by atoms with Crippen LogP contribution in [-0.4, -0.2) is 21.6 Å². The summed E-state index contributed by atoms with van der Waals surface area (Å²) in [7, 11) is 0. The number of carbonyl (C=O) groups is 1. The maximum atomic E-state index is 12.3. The number of aromatic nitrogens is 2. The van der Waals surface area contributed by atoms with Gasteiger partial charge in [0, 0.05) is 5.69 Å². The highest BCUT2D eigenvalue weighted by molar-refractivity contribution is 7.99. The maximum absolute atomic E-state index is 12.3. The summed E-state index contributed by atoms with van der Waals surface area (Å²) in [6.45, 7) is 4.33. The lowest BCUT2D eigenvalue weighted by molar-refractivity contribution is -0.113. The standard InChI is InChI=1S/C19H21N3OS/c1-3-13(2)14-8-4-5-9-15(14)20-18(23)12-24-19-21-16-10-6-7-11-17(16)22-19/h4-11,13H,3,12H2,1-2H3,(H,20,23)(H,21,22)/t13-/m0/s1. The molecule has 0 saturated carbocycles. The molecule has 0 fully saturated rings. The third-order valence-corrected chi connectivity index (χ3v) is 4.96. The third kappa shape index (κ3) is 3.79. The van der Waals surface area contributed by atoms with Crippen LogP contribution in [0.2, 0.25) is 0 Å².